The van der Waals surface area contributed by atoms with Crippen LogP contribution in [0.1, 0.15) is 0 Å². The van der Waals surface area contributed by atoms with Crippen molar-refractivity contribution in [1.82, 2.24) is 0 Å². The molecule has 0 saturated carbocycles. The van der Waals surface area contributed by atoms with Gasteiger partial charge in [-0.05, 0) is 0 Å². The Morgan fingerprint density at radius 3 is 0.308 bits per heavy atom. The minimum absolute atomic E-state index is 0. The Balaban J connectivity index is -0.0000000152. The number of rotatable bonds is 0. The Kier molecular flexibility index (Phi) is 76.0. The van der Waals surface area contributed by atoms with Crippen molar-refractivity contribution in [2.24, 2.45) is 0 Å². The van der Waals surface area contributed by atoms with Gasteiger partial charge >= 0.3 is 172 Å². The maximum absolute atomic E-state index is 8.55. The quantitative estimate of drug-likeness (QED) is 0.168. The van der Waals surface area contributed by atoms with Gasteiger partial charge in [-0.25, -0.2) is 0 Å². The van der Waals surface area contributed by atoms with Crippen LogP contribution in [0.2, 0.25) is 0 Å². The maximum atomic E-state index is 8.55. The molecule has 0 atom stereocenters. The Morgan fingerprint density at radius 2 is 0.308 bits per heavy atom. The average Bonchev–Trinajstić information content (AvgIpc) is 1.62. The molecule has 26 heteroatoms. The molecule has 0 N–H and O–H groups in total. The van der Waals surface area contributed by atoms with Gasteiger partial charge in [-0.2, -0.15) is 31.3 Å². The van der Waals surface area contributed by atoms with E-state index in [2.05, 4.69) is 0 Å². The van der Waals surface area contributed by atoms with E-state index in [1.54, 1.807) is 0 Å². The van der Waals surface area contributed by atoms with Gasteiger partial charge in [0.05, 0.1) is 0 Å². The fraction of sp³-hybridized carbons (Fsp3) is 0. The summed E-state index contributed by atoms with van der Waals surface area (Å²) in [6.45, 7) is 0. The summed E-state index contributed by atoms with van der Waals surface area (Å²) in [5.41, 5.74) is 0. The molecule has 0 aliphatic heterocycles. The second-order valence-electron chi connectivity index (χ2n) is 1.79. The van der Waals surface area contributed by atoms with Crippen LogP contribution in [0, 0.1) is 0 Å². The molecule has 0 aromatic heterocycles. The molecule has 0 spiro atoms. The molecular formula is Ca3O16P4Zn3. The summed E-state index contributed by atoms with van der Waals surface area (Å²) >= 11 is 0. The fourth-order valence-electron chi connectivity index (χ4n) is 0. The van der Waals surface area contributed by atoms with E-state index in [9.17, 15) is 0 Å². The van der Waals surface area contributed by atoms with Crippen LogP contribution < -0.4 is 58.7 Å². The fourth-order valence-corrected chi connectivity index (χ4v) is 0. The second-order valence-corrected chi connectivity index (χ2v) is 5.37. The molecule has 0 aliphatic rings. The number of phosphoric acid groups is 4. The van der Waals surface area contributed by atoms with E-state index in [4.69, 9.17) is 77.0 Å². The Labute approximate surface area is 274 Å². The zero-order valence-corrected chi connectivity index (χ0v) is 31.7. The normalized spacial score (nSPS) is 9.08. The van der Waals surface area contributed by atoms with Gasteiger partial charge in [0.25, 0.3) is 0 Å². The maximum Gasteiger partial charge on any atom is 2.00 e. The molecule has 0 amide bonds. The van der Waals surface area contributed by atoms with Gasteiger partial charge in [0.2, 0.25) is 0 Å². The first-order chi connectivity index (χ1) is 8.00. The molecule has 0 aromatic rings. The zero-order valence-electron chi connectivity index (χ0n) is 12.6. The summed E-state index contributed by atoms with van der Waals surface area (Å²) in [6.07, 6.45) is 0. The third-order valence-corrected chi connectivity index (χ3v) is 0. The van der Waals surface area contributed by atoms with Gasteiger partial charge in [0, 0.05) is 0 Å². The van der Waals surface area contributed by atoms with Crippen molar-refractivity contribution in [2.75, 3.05) is 0 Å². The van der Waals surface area contributed by atoms with E-state index in [-0.39, 0.29) is 172 Å². The smallest absolute Gasteiger partial charge is 0.822 e. The van der Waals surface area contributed by atoms with E-state index in [1.165, 1.54) is 0 Å². The first-order valence-electron chi connectivity index (χ1n) is 2.92. The van der Waals surface area contributed by atoms with Crippen LogP contribution in [0.4, 0.5) is 0 Å². The summed E-state index contributed by atoms with van der Waals surface area (Å²) < 4.78 is 34.2. The van der Waals surface area contributed by atoms with Crippen molar-refractivity contribution in [1.29, 1.82) is 0 Å². The average molecular weight is 696 g/mol. The predicted molar refractivity (Wildman–Crippen MR) is 47.7 cm³/mol. The zero-order chi connectivity index (χ0) is 18.0. The molecule has 0 radical (unpaired) electrons. The molecule has 0 unspecified atom stereocenters. The van der Waals surface area contributed by atoms with Crippen LogP contribution in [-0.4, -0.2) is 113 Å². The van der Waals surface area contributed by atoms with Crippen LogP contribution in [-0.2, 0) is 76.7 Å². The van der Waals surface area contributed by atoms with Gasteiger partial charge in [0.1, 0.15) is 0 Å². The number of hydrogen-bond acceptors (Lipinski definition) is 16. The molecule has 0 saturated heterocycles. The van der Waals surface area contributed by atoms with Crippen molar-refractivity contribution >= 4 is 145 Å². The Hall–Kier alpha value is 6.09. The van der Waals surface area contributed by atoms with Crippen molar-refractivity contribution in [3.8, 4) is 0 Å². The van der Waals surface area contributed by atoms with E-state index < -0.39 is 31.3 Å². The van der Waals surface area contributed by atoms with Crippen molar-refractivity contribution in [3.63, 3.8) is 0 Å². The van der Waals surface area contributed by atoms with Crippen molar-refractivity contribution in [3.05, 3.63) is 0 Å². The SMILES string of the molecule is O=P([O-])([O-])[O-].O=P([O-])([O-])[O-].O=P([O-])([O-])[O-].O=P([O-])([O-])[O-].[Ca+2].[Ca+2].[Ca+2].[Zn+2].[Zn+2].[Zn+2]. The first-order valence-corrected chi connectivity index (χ1v) is 8.76. The summed E-state index contributed by atoms with van der Waals surface area (Å²) in [7, 11) is -21.6. The summed E-state index contributed by atoms with van der Waals surface area (Å²) in [5, 5.41) is 0. The topological polar surface area (TPSA) is 345 Å². The standard InChI is InChI=1S/3Ca.4H3O4P.3Zn/c;;;4*1-5(2,3)4;;;/h;;;4*(H3,1,2,3,4);;;/q3*+2;;;;;3*+2/p-12. The van der Waals surface area contributed by atoms with Gasteiger partial charge in [0.15, 0.2) is 0 Å². The predicted octanol–water partition coefficient (Wildman–Crippen LogP) is -12.4. The molecule has 0 aromatic carbocycles. The molecule has 0 rings (SSSR count). The largest absolute Gasteiger partial charge is 2.00 e. The van der Waals surface area contributed by atoms with E-state index in [1.807, 2.05) is 0 Å². The molecule has 0 aliphatic carbocycles. The third kappa shape index (κ3) is 687. The molecule has 0 heterocycles. The summed E-state index contributed by atoms with van der Waals surface area (Å²) in [6, 6.07) is 0. The minimum atomic E-state index is -5.39. The summed E-state index contributed by atoms with van der Waals surface area (Å²) in [5.74, 6) is 0. The molecule has 0 bridgehead atoms. The van der Waals surface area contributed by atoms with E-state index in [0.717, 1.165) is 0 Å². The van der Waals surface area contributed by atoms with Crippen LogP contribution in [0.3, 0.4) is 0 Å². The van der Waals surface area contributed by atoms with Crippen LogP contribution in [0.5, 0.6) is 0 Å². The summed E-state index contributed by atoms with van der Waals surface area (Å²) in [4.78, 5) is 103. The Morgan fingerprint density at radius 1 is 0.308 bits per heavy atom. The molecule has 0 fully saturated rings. The van der Waals surface area contributed by atoms with Gasteiger partial charge in [-0.1, -0.05) is 0 Å². The van der Waals surface area contributed by atoms with Crippen molar-refractivity contribution in [2.45, 2.75) is 0 Å². The van der Waals surface area contributed by atoms with Crippen LogP contribution in [0.15, 0.2) is 0 Å². The van der Waals surface area contributed by atoms with Gasteiger partial charge < -0.3 is 77.0 Å². The van der Waals surface area contributed by atoms with E-state index >= 15 is 0 Å². The number of hydrogen-bond donors (Lipinski definition) is 0. The molecular weight excluding hydrogens is 696 g/mol. The monoisotopic (exact) mass is 691 g/mol. The van der Waals surface area contributed by atoms with E-state index in [0.29, 0.717) is 0 Å². The molecule has 16 nitrogen and oxygen atoms in total. The van der Waals surface area contributed by atoms with Crippen molar-refractivity contribution < 1.29 is 135 Å². The van der Waals surface area contributed by atoms with Gasteiger partial charge in [-0.15, -0.1) is 0 Å². The Bertz CT molecular complexity index is 305. The molecule has 26 heavy (non-hydrogen) atoms. The third-order valence-electron chi connectivity index (χ3n) is 0. The molecule has 128 valence electrons. The van der Waals surface area contributed by atoms with Gasteiger partial charge in [-0.3, -0.25) is 0 Å². The van der Waals surface area contributed by atoms with Crippen LogP contribution >= 0.6 is 31.3 Å². The first kappa shape index (κ1) is 63.6. The second kappa shape index (κ2) is 31.1. The van der Waals surface area contributed by atoms with Crippen LogP contribution in [0.25, 0.3) is 0 Å². The minimum Gasteiger partial charge on any atom is -0.822 e.